The van der Waals surface area contributed by atoms with E-state index in [1.165, 1.54) is 0 Å². The maximum absolute atomic E-state index is 9.65. The largest absolute Gasteiger partial charge is 0.492 e. The SMILES string of the molecule is CCOc1c(C(C)O)cc(Cl)c(CN)c1Br. The van der Waals surface area contributed by atoms with E-state index in [4.69, 9.17) is 22.1 Å². The second-order valence-electron chi connectivity index (χ2n) is 3.38. The van der Waals surface area contributed by atoms with Crippen LogP contribution in [0.1, 0.15) is 31.1 Å². The van der Waals surface area contributed by atoms with Crippen LogP contribution in [0.15, 0.2) is 10.5 Å². The molecule has 3 nitrogen and oxygen atoms in total. The Morgan fingerprint density at radius 2 is 2.25 bits per heavy atom. The molecule has 0 spiro atoms. The number of rotatable bonds is 4. The molecule has 0 heterocycles. The Hall–Kier alpha value is -0.290. The standard InChI is InChI=1S/C11H15BrClNO2/c1-3-16-11-7(6(2)15)4-9(13)8(5-14)10(11)12/h4,6,15H,3,5,14H2,1-2H3. The van der Waals surface area contributed by atoms with Crippen molar-refractivity contribution in [2.75, 3.05) is 6.61 Å². The fraction of sp³-hybridized carbons (Fsp3) is 0.455. The first-order valence-corrected chi connectivity index (χ1v) is 6.21. The zero-order chi connectivity index (χ0) is 12.3. The van der Waals surface area contributed by atoms with Crippen molar-refractivity contribution in [2.24, 2.45) is 5.73 Å². The van der Waals surface area contributed by atoms with E-state index in [1.807, 2.05) is 6.92 Å². The molecule has 0 aromatic heterocycles. The Balaban J connectivity index is 3.39. The van der Waals surface area contributed by atoms with Crippen LogP contribution in [0, 0.1) is 0 Å². The molecule has 0 radical (unpaired) electrons. The lowest BCUT2D eigenvalue weighted by Crippen LogP contribution is -2.06. The number of aliphatic hydroxyl groups is 1. The van der Waals surface area contributed by atoms with E-state index in [2.05, 4.69) is 15.9 Å². The van der Waals surface area contributed by atoms with Crippen molar-refractivity contribution in [3.63, 3.8) is 0 Å². The van der Waals surface area contributed by atoms with E-state index in [0.29, 0.717) is 29.5 Å². The van der Waals surface area contributed by atoms with Crippen molar-refractivity contribution in [1.82, 2.24) is 0 Å². The molecule has 1 unspecified atom stereocenters. The number of halogens is 2. The maximum atomic E-state index is 9.65. The second kappa shape index (κ2) is 5.87. The van der Waals surface area contributed by atoms with Gasteiger partial charge in [0.05, 0.1) is 17.2 Å². The average Bonchev–Trinajstić information content (AvgIpc) is 2.22. The van der Waals surface area contributed by atoms with Crippen LogP contribution in [0.4, 0.5) is 0 Å². The second-order valence-corrected chi connectivity index (χ2v) is 4.58. The minimum Gasteiger partial charge on any atom is -0.492 e. The summed E-state index contributed by atoms with van der Waals surface area (Å²) < 4.78 is 6.23. The van der Waals surface area contributed by atoms with Gasteiger partial charge in [0.15, 0.2) is 0 Å². The molecule has 0 bridgehead atoms. The van der Waals surface area contributed by atoms with E-state index in [-0.39, 0.29) is 0 Å². The van der Waals surface area contributed by atoms with Crippen molar-refractivity contribution >= 4 is 27.5 Å². The third-order valence-electron chi connectivity index (χ3n) is 2.24. The summed E-state index contributed by atoms with van der Waals surface area (Å²) >= 11 is 9.49. The first-order valence-electron chi connectivity index (χ1n) is 5.04. The predicted octanol–water partition coefficient (Wildman–Crippen LogP) is 3.01. The van der Waals surface area contributed by atoms with Crippen molar-refractivity contribution in [3.8, 4) is 5.75 Å². The topological polar surface area (TPSA) is 55.5 Å². The van der Waals surface area contributed by atoms with Gasteiger partial charge in [0, 0.05) is 22.7 Å². The molecule has 1 aromatic carbocycles. The van der Waals surface area contributed by atoms with Crippen LogP contribution in [-0.2, 0) is 6.54 Å². The molecule has 0 aliphatic carbocycles. The zero-order valence-corrected chi connectivity index (χ0v) is 11.6. The summed E-state index contributed by atoms with van der Waals surface area (Å²) in [6.07, 6.45) is -0.637. The Morgan fingerprint density at radius 3 is 2.69 bits per heavy atom. The molecule has 0 aliphatic heterocycles. The first-order chi connectivity index (χ1) is 7.52. The molecule has 0 saturated carbocycles. The van der Waals surface area contributed by atoms with Gasteiger partial charge in [-0.25, -0.2) is 0 Å². The molecule has 0 saturated heterocycles. The molecular weight excluding hydrogens is 293 g/mol. The molecule has 90 valence electrons. The van der Waals surface area contributed by atoms with Crippen molar-refractivity contribution in [2.45, 2.75) is 26.5 Å². The van der Waals surface area contributed by atoms with Gasteiger partial charge in [-0.05, 0) is 35.8 Å². The fourth-order valence-corrected chi connectivity index (χ4v) is 2.57. The summed E-state index contributed by atoms with van der Waals surface area (Å²) in [6.45, 7) is 4.39. The van der Waals surface area contributed by atoms with Crippen LogP contribution in [0.2, 0.25) is 5.02 Å². The van der Waals surface area contributed by atoms with Crippen LogP contribution in [-0.4, -0.2) is 11.7 Å². The highest BCUT2D eigenvalue weighted by Gasteiger charge is 2.18. The molecule has 1 aromatic rings. The van der Waals surface area contributed by atoms with Crippen LogP contribution < -0.4 is 10.5 Å². The molecule has 5 heteroatoms. The van der Waals surface area contributed by atoms with Gasteiger partial charge in [-0.2, -0.15) is 0 Å². The van der Waals surface area contributed by atoms with Crippen molar-refractivity contribution in [3.05, 3.63) is 26.7 Å². The van der Waals surface area contributed by atoms with E-state index in [9.17, 15) is 5.11 Å². The maximum Gasteiger partial charge on any atom is 0.139 e. The average molecular weight is 309 g/mol. The van der Waals surface area contributed by atoms with E-state index >= 15 is 0 Å². The van der Waals surface area contributed by atoms with E-state index in [1.54, 1.807) is 13.0 Å². The highest BCUT2D eigenvalue weighted by molar-refractivity contribution is 9.10. The monoisotopic (exact) mass is 307 g/mol. The summed E-state index contributed by atoms with van der Waals surface area (Å²) in [5.41, 5.74) is 7.06. The normalized spacial score (nSPS) is 12.6. The van der Waals surface area contributed by atoms with Gasteiger partial charge >= 0.3 is 0 Å². The van der Waals surface area contributed by atoms with E-state index in [0.717, 1.165) is 10.0 Å². The Morgan fingerprint density at radius 1 is 1.62 bits per heavy atom. The van der Waals surface area contributed by atoms with Crippen molar-refractivity contribution in [1.29, 1.82) is 0 Å². The Kier molecular flexibility index (Phi) is 5.05. The molecule has 1 rings (SSSR count). The fourth-order valence-electron chi connectivity index (χ4n) is 1.45. The van der Waals surface area contributed by atoms with Gasteiger partial charge in [-0.1, -0.05) is 11.6 Å². The smallest absolute Gasteiger partial charge is 0.139 e. The number of aliphatic hydroxyl groups excluding tert-OH is 1. The van der Waals surface area contributed by atoms with Gasteiger partial charge in [-0.15, -0.1) is 0 Å². The molecule has 0 aliphatic rings. The van der Waals surface area contributed by atoms with Crippen LogP contribution in [0.5, 0.6) is 5.75 Å². The van der Waals surface area contributed by atoms with Crippen molar-refractivity contribution < 1.29 is 9.84 Å². The van der Waals surface area contributed by atoms with Gasteiger partial charge in [0.2, 0.25) is 0 Å². The van der Waals surface area contributed by atoms with Crippen LogP contribution >= 0.6 is 27.5 Å². The molecule has 3 N–H and O–H groups in total. The number of hydrogen-bond acceptors (Lipinski definition) is 3. The molecule has 0 amide bonds. The van der Waals surface area contributed by atoms with Crippen LogP contribution in [0.3, 0.4) is 0 Å². The van der Waals surface area contributed by atoms with Gasteiger partial charge in [0.1, 0.15) is 5.75 Å². The first kappa shape index (κ1) is 13.8. The number of nitrogens with two attached hydrogens (primary N) is 1. The number of benzene rings is 1. The number of hydrogen-bond donors (Lipinski definition) is 2. The minimum atomic E-state index is -0.637. The van der Waals surface area contributed by atoms with Gasteiger partial charge in [-0.3, -0.25) is 0 Å². The highest BCUT2D eigenvalue weighted by atomic mass is 79.9. The lowest BCUT2D eigenvalue weighted by molar-refractivity contribution is 0.192. The summed E-state index contributed by atoms with van der Waals surface area (Å²) in [5, 5.41) is 10.2. The van der Waals surface area contributed by atoms with E-state index < -0.39 is 6.10 Å². The molecule has 16 heavy (non-hydrogen) atoms. The quantitative estimate of drug-likeness (QED) is 0.899. The molecule has 0 fully saturated rings. The van der Waals surface area contributed by atoms with Gasteiger partial charge in [0.25, 0.3) is 0 Å². The lowest BCUT2D eigenvalue weighted by Gasteiger charge is -2.17. The lowest BCUT2D eigenvalue weighted by atomic mass is 10.1. The third-order valence-corrected chi connectivity index (χ3v) is 3.42. The zero-order valence-electron chi connectivity index (χ0n) is 9.26. The highest BCUT2D eigenvalue weighted by Crippen LogP contribution is 2.39. The van der Waals surface area contributed by atoms with Gasteiger partial charge < -0.3 is 15.6 Å². The Bertz CT molecular complexity index is 383. The Labute approximate surface area is 109 Å². The number of ether oxygens (including phenoxy) is 1. The summed E-state index contributed by atoms with van der Waals surface area (Å²) in [5.74, 6) is 0.613. The summed E-state index contributed by atoms with van der Waals surface area (Å²) in [6, 6.07) is 1.70. The summed E-state index contributed by atoms with van der Waals surface area (Å²) in [7, 11) is 0. The van der Waals surface area contributed by atoms with Crippen LogP contribution in [0.25, 0.3) is 0 Å². The minimum absolute atomic E-state index is 0.319. The predicted molar refractivity (Wildman–Crippen MR) is 68.8 cm³/mol. The third kappa shape index (κ3) is 2.69. The summed E-state index contributed by atoms with van der Waals surface area (Å²) in [4.78, 5) is 0. The molecule has 1 atom stereocenters. The molecular formula is C11H15BrClNO2.